The smallest absolute Gasteiger partial charge is 0.319 e. The fourth-order valence-electron chi connectivity index (χ4n) is 2.35. The van der Waals surface area contributed by atoms with E-state index in [1.807, 2.05) is 32.0 Å². The van der Waals surface area contributed by atoms with Crippen LogP contribution in [0.25, 0.3) is 0 Å². The Morgan fingerprint density at radius 3 is 3.05 bits per heavy atom. The van der Waals surface area contributed by atoms with E-state index in [0.29, 0.717) is 24.7 Å². The third-order valence-corrected chi connectivity index (χ3v) is 3.40. The molecule has 0 radical (unpaired) electrons. The summed E-state index contributed by atoms with van der Waals surface area (Å²) in [6.45, 7) is 8.88. The van der Waals surface area contributed by atoms with Crippen molar-refractivity contribution in [1.82, 2.24) is 5.32 Å². The van der Waals surface area contributed by atoms with E-state index in [-0.39, 0.29) is 18.2 Å². The summed E-state index contributed by atoms with van der Waals surface area (Å²) in [6, 6.07) is 7.30. The zero-order chi connectivity index (χ0) is 15.9. The molecule has 0 saturated carbocycles. The summed E-state index contributed by atoms with van der Waals surface area (Å²) < 4.78 is 11.0. The molecular weight excluding hydrogens is 280 g/mol. The maximum atomic E-state index is 12.0. The second-order valence-corrected chi connectivity index (χ2v) is 5.77. The third-order valence-electron chi connectivity index (χ3n) is 3.40. The zero-order valence-corrected chi connectivity index (χ0v) is 13.2. The molecule has 0 bridgehead atoms. The molecule has 1 fully saturated rings. The molecule has 120 valence electrons. The summed E-state index contributed by atoms with van der Waals surface area (Å²) in [5.41, 5.74) is 1.65. The summed E-state index contributed by atoms with van der Waals surface area (Å²) in [7, 11) is 0. The van der Waals surface area contributed by atoms with Crippen molar-refractivity contribution in [3.05, 3.63) is 36.4 Å². The summed E-state index contributed by atoms with van der Waals surface area (Å²) in [6.07, 6.45) is 1.88. The largest absolute Gasteiger partial charge is 0.489 e. The van der Waals surface area contributed by atoms with Crippen molar-refractivity contribution in [3.8, 4) is 5.75 Å². The van der Waals surface area contributed by atoms with Crippen LogP contribution >= 0.6 is 0 Å². The molecule has 2 amide bonds. The van der Waals surface area contributed by atoms with Gasteiger partial charge >= 0.3 is 6.03 Å². The minimum atomic E-state index is -0.198. The number of amides is 2. The first-order valence-electron chi connectivity index (χ1n) is 7.59. The minimum absolute atomic E-state index is 0.159. The third kappa shape index (κ3) is 5.41. The molecule has 5 heteroatoms. The highest BCUT2D eigenvalue weighted by Gasteiger charge is 2.20. The molecule has 0 aliphatic carbocycles. The van der Waals surface area contributed by atoms with Crippen LogP contribution < -0.4 is 15.4 Å². The summed E-state index contributed by atoms with van der Waals surface area (Å²) in [5, 5.41) is 5.82. The lowest BCUT2D eigenvalue weighted by molar-refractivity contribution is 0.0157. The van der Waals surface area contributed by atoms with Crippen LogP contribution in [0.5, 0.6) is 5.75 Å². The first-order chi connectivity index (χ1) is 10.5. The Balaban J connectivity index is 1.85. The van der Waals surface area contributed by atoms with E-state index in [0.717, 1.165) is 18.4 Å². The van der Waals surface area contributed by atoms with Crippen LogP contribution in [-0.4, -0.2) is 31.4 Å². The molecule has 1 saturated heterocycles. The predicted octanol–water partition coefficient (Wildman–Crippen LogP) is 3.33. The van der Waals surface area contributed by atoms with Gasteiger partial charge in [0, 0.05) is 24.4 Å². The number of urea groups is 1. The van der Waals surface area contributed by atoms with Crippen LogP contribution in [0.1, 0.15) is 26.7 Å². The molecule has 1 aromatic rings. The molecular formula is C17H24N2O3. The van der Waals surface area contributed by atoms with Crippen molar-refractivity contribution < 1.29 is 14.3 Å². The number of ether oxygens (including phenoxy) is 2. The highest BCUT2D eigenvalue weighted by molar-refractivity contribution is 5.89. The molecule has 0 aromatic heterocycles. The standard InChI is InChI=1S/C17H24N2O3/c1-12(2)11-22-16-6-4-5-14(10-16)18-17(20)19-15-7-8-21-13(3)9-15/h4-6,10,13,15H,1,7-9,11H2,2-3H3,(H2,18,19,20)/t13-,15-/m1/s1. The van der Waals surface area contributed by atoms with Gasteiger partial charge in [-0.25, -0.2) is 4.79 Å². The van der Waals surface area contributed by atoms with Crippen molar-refractivity contribution in [2.75, 3.05) is 18.5 Å². The molecule has 2 rings (SSSR count). The lowest BCUT2D eigenvalue weighted by Gasteiger charge is -2.27. The number of anilines is 1. The molecule has 0 spiro atoms. The van der Waals surface area contributed by atoms with E-state index >= 15 is 0 Å². The van der Waals surface area contributed by atoms with E-state index in [9.17, 15) is 4.79 Å². The molecule has 1 aromatic carbocycles. The lowest BCUT2D eigenvalue weighted by Crippen LogP contribution is -2.43. The van der Waals surface area contributed by atoms with Crippen LogP contribution in [0.3, 0.4) is 0 Å². The van der Waals surface area contributed by atoms with Crippen molar-refractivity contribution in [2.24, 2.45) is 0 Å². The van der Waals surface area contributed by atoms with Crippen LogP contribution in [0.2, 0.25) is 0 Å². The van der Waals surface area contributed by atoms with Crippen molar-refractivity contribution >= 4 is 11.7 Å². The molecule has 2 atom stereocenters. The van der Waals surface area contributed by atoms with Gasteiger partial charge < -0.3 is 20.1 Å². The second kappa shape index (κ2) is 7.84. The minimum Gasteiger partial charge on any atom is -0.489 e. The molecule has 1 heterocycles. The van der Waals surface area contributed by atoms with Gasteiger partial charge in [0.25, 0.3) is 0 Å². The van der Waals surface area contributed by atoms with Gasteiger partial charge in [0.05, 0.1) is 6.10 Å². The van der Waals surface area contributed by atoms with Crippen molar-refractivity contribution in [1.29, 1.82) is 0 Å². The van der Waals surface area contributed by atoms with E-state index in [4.69, 9.17) is 9.47 Å². The number of hydrogen-bond acceptors (Lipinski definition) is 3. The van der Waals surface area contributed by atoms with Gasteiger partial charge in [-0.1, -0.05) is 12.6 Å². The quantitative estimate of drug-likeness (QED) is 0.820. The van der Waals surface area contributed by atoms with Crippen LogP contribution in [0, 0.1) is 0 Å². The number of benzene rings is 1. The number of carbonyl (C=O) groups is 1. The summed E-state index contributed by atoms with van der Waals surface area (Å²) in [4.78, 5) is 12.0. The Hall–Kier alpha value is -2.01. The number of rotatable bonds is 5. The van der Waals surface area contributed by atoms with Crippen LogP contribution in [0.4, 0.5) is 10.5 Å². The maximum Gasteiger partial charge on any atom is 0.319 e. The van der Waals surface area contributed by atoms with Gasteiger partial charge in [-0.05, 0) is 44.4 Å². The molecule has 5 nitrogen and oxygen atoms in total. The Bertz CT molecular complexity index is 530. The lowest BCUT2D eigenvalue weighted by atomic mass is 10.0. The van der Waals surface area contributed by atoms with Gasteiger partial charge in [0.2, 0.25) is 0 Å². The van der Waals surface area contributed by atoms with Crippen LogP contribution in [0.15, 0.2) is 36.4 Å². The fourth-order valence-corrected chi connectivity index (χ4v) is 2.35. The first kappa shape index (κ1) is 16.4. The topological polar surface area (TPSA) is 59.6 Å². The van der Waals surface area contributed by atoms with Crippen molar-refractivity contribution in [3.63, 3.8) is 0 Å². The van der Waals surface area contributed by atoms with E-state index in [1.54, 1.807) is 6.07 Å². The molecule has 22 heavy (non-hydrogen) atoms. The average Bonchev–Trinajstić information content (AvgIpc) is 2.45. The molecule has 1 aliphatic rings. The van der Waals surface area contributed by atoms with E-state index in [1.165, 1.54) is 0 Å². The molecule has 2 N–H and O–H groups in total. The Kier molecular flexibility index (Phi) is 5.83. The normalized spacial score (nSPS) is 21.0. The highest BCUT2D eigenvalue weighted by Crippen LogP contribution is 2.18. The van der Waals surface area contributed by atoms with Gasteiger partial charge in [0.1, 0.15) is 12.4 Å². The Labute approximate surface area is 131 Å². The number of hydrogen-bond donors (Lipinski definition) is 2. The van der Waals surface area contributed by atoms with Gasteiger partial charge in [0.15, 0.2) is 0 Å². The van der Waals surface area contributed by atoms with Gasteiger partial charge in [-0.3, -0.25) is 0 Å². The Morgan fingerprint density at radius 2 is 2.32 bits per heavy atom. The van der Waals surface area contributed by atoms with Gasteiger partial charge in [-0.2, -0.15) is 0 Å². The number of carbonyl (C=O) groups excluding carboxylic acids is 1. The van der Waals surface area contributed by atoms with Crippen molar-refractivity contribution in [2.45, 2.75) is 38.8 Å². The first-order valence-corrected chi connectivity index (χ1v) is 7.59. The van der Waals surface area contributed by atoms with Crippen LogP contribution in [-0.2, 0) is 4.74 Å². The summed E-state index contributed by atoms with van der Waals surface area (Å²) >= 11 is 0. The zero-order valence-electron chi connectivity index (χ0n) is 13.2. The summed E-state index contributed by atoms with van der Waals surface area (Å²) in [5.74, 6) is 0.709. The highest BCUT2D eigenvalue weighted by atomic mass is 16.5. The average molecular weight is 304 g/mol. The maximum absolute atomic E-state index is 12.0. The monoisotopic (exact) mass is 304 g/mol. The second-order valence-electron chi connectivity index (χ2n) is 5.77. The van der Waals surface area contributed by atoms with Gasteiger partial charge in [-0.15, -0.1) is 0 Å². The van der Waals surface area contributed by atoms with E-state index < -0.39 is 0 Å². The Morgan fingerprint density at radius 1 is 1.50 bits per heavy atom. The fraction of sp³-hybridized carbons (Fsp3) is 0.471. The number of nitrogens with one attached hydrogen (secondary N) is 2. The van der Waals surface area contributed by atoms with E-state index in [2.05, 4.69) is 17.2 Å². The molecule has 0 unspecified atom stereocenters. The molecule has 1 aliphatic heterocycles. The predicted molar refractivity (Wildman–Crippen MR) is 87.3 cm³/mol. The SMILES string of the molecule is C=C(C)COc1cccc(NC(=O)N[C@@H]2CCO[C@H](C)C2)c1.